The number of rotatable bonds is 9. The fraction of sp³-hybridized carbons (Fsp3) is 0.368. The van der Waals surface area contributed by atoms with Crippen LogP contribution in [0.15, 0.2) is 30.3 Å². The smallest absolute Gasteiger partial charge is 0.328 e. The molecule has 1 heterocycles. The molecule has 1 atom stereocenters. The van der Waals surface area contributed by atoms with Crippen molar-refractivity contribution in [3.05, 3.63) is 57.4 Å². The molecule has 1 aromatic carbocycles. The molecule has 11 heteroatoms. The highest BCUT2D eigenvalue weighted by Gasteiger charge is 2.24. The minimum Gasteiger partial charge on any atom is -0.467 e. The van der Waals surface area contributed by atoms with Gasteiger partial charge in [0, 0.05) is 6.42 Å². The number of nitrogens with zero attached hydrogens (tertiary/aromatic N) is 3. The molecule has 1 amide bonds. The van der Waals surface area contributed by atoms with Gasteiger partial charge in [-0.1, -0.05) is 30.3 Å². The van der Waals surface area contributed by atoms with E-state index in [1.807, 2.05) is 6.07 Å². The minimum absolute atomic E-state index is 0.171. The number of ether oxygens (including phenoxy) is 2. The summed E-state index contributed by atoms with van der Waals surface area (Å²) in [5, 5.41) is 17.4. The van der Waals surface area contributed by atoms with E-state index in [2.05, 4.69) is 10.4 Å². The molecule has 30 heavy (non-hydrogen) atoms. The molecule has 0 bridgehead atoms. The summed E-state index contributed by atoms with van der Waals surface area (Å²) >= 11 is 0. The Hall–Kier alpha value is -3.76. The fourth-order valence-corrected chi connectivity index (χ4v) is 2.84. The maximum absolute atomic E-state index is 12.1. The average molecular weight is 418 g/mol. The largest absolute Gasteiger partial charge is 0.467 e. The first-order chi connectivity index (χ1) is 14.2. The molecule has 0 aliphatic carbocycles. The first-order valence-electron chi connectivity index (χ1n) is 8.98. The number of benzene rings is 1. The van der Waals surface area contributed by atoms with Crippen LogP contribution in [0.3, 0.4) is 0 Å². The lowest BCUT2D eigenvalue weighted by Crippen LogP contribution is -2.44. The number of carbonyl (C=O) groups excluding carboxylic acids is 3. The van der Waals surface area contributed by atoms with E-state index in [-0.39, 0.29) is 23.5 Å². The van der Waals surface area contributed by atoms with Crippen LogP contribution in [0.2, 0.25) is 0 Å². The number of nitro groups is 1. The van der Waals surface area contributed by atoms with Crippen molar-refractivity contribution in [3.8, 4) is 0 Å². The zero-order valence-corrected chi connectivity index (χ0v) is 16.8. The second kappa shape index (κ2) is 10.1. The van der Waals surface area contributed by atoms with Crippen molar-refractivity contribution in [2.75, 3.05) is 13.7 Å². The molecule has 160 valence electrons. The van der Waals surface area contributed by atoms with Gasteiger partial charge in [0.1, 0.15) is 24.0 Å². The Bertz CT molecular complexity index is 940. The second-order valence-corrected chi connectivity index (χ2v) is 6.43. The van der Waals surface area contributed by atoms with Crippen molar-refractivity contribution >= 4 is 23.5 Å². The zero-order valence-electron chi connectivity index (χ0n) is 16.8. The summed E-state index contributed by atoms with van der Waals surface area (Å²) in [5.41, 5.74) is 1.01. The second-order valence-electron chi connectivity index (χ2n) is 6.43. The number of hydrogen-bond donors (Lipinski definition) is 1. The van der Waals surface area contributed by atoms with E-state index in [9.17, 15) is 24.5 Å². The van der Waals surface area contributed by atoms with E-state index in [0.29, 0.717) is 0 Å². The van der Waals surface area contributed by atoms with Crippen LogP contribution in [0.4, 0.5) is 5.69 Å². The molecular weight excluding hydrogens is 396 g/mol. The molecule has 0 aliphatic heterocycles. The fourth-order valence-electron chi connectivity index (χ4n) is 2.84. The van der Waals surface area contributed by atoms with E-state index in [1.54, 1.807) is 24.3 Å². The molecule has 1 aromatic heterocycles. The predicted octanol–water partition coefficient (Wildman–Crippen LogP) is 0.852. The average Bonchev–Trinajstić information content (AvgIpc) is 2.99. The van der Waals surface area contributed by atoms with Crippen LogP contribution < -0.4 is 5.32 Å². The van der Waals surface area contributed by atoms with E-state index in [4.69, 9.17) is 9.47 Å². The topological polar surface area (TPSA) is 143 Å². The van der Waals surface area contributed by atoms with Crippen LogP contribution in [0.1, 0.15) is 17.0 Å². The molecule has 0 fully saturated rings. The van der Waals surface area contributed by atoms with Gasteiger partial charge in [0.2, 0.25) is 0 Å². The normalized spacial score (nSPS) is 11.4. The molecular formula is C19H22N4O7. The molecule has 0 saturated carbocycles. The Kier molecular flexibility index (Phi) is 7.62. The molecule has 2 aromatic rings. The highest BCUT2D eigenvalue weighted by molar-refractivity contribution is 5.86. The van der Waals surface area contributed by atoms with Gasteiger partial charge in [0.05, 0.1) is 12.0 Å². The Morgan fingerprint density at radius 3 is 2.47 bits per heavy atom. The summed E-state index contributed by atoms with van der Waals surface area (Å²) in [6, 6.07) is 8.09. The third-order valence-corrected chi connectivity index (χ3v) is 4.27. The summed E-state index contributed by atoms with van der Waals surface area (Å²) in [5.74, 6) is -2.12. The van der Waals surface area contributed by atoms with Crippen molar-refractivity contribution in [1.82, 2.24) is 15.1 Å². The molecule has 0 aliphatic rings. The van der Waals surface area contributed by atoms with E-state index in [0.717, 1.165) is 10.2 Å². The number of amides is 1. The lowest BCUT2D eigenvalue weighted by Gasteiger charge is -2.16. The van der Waals surface area contributed by atoms with Crippen LogP contribution in [-0.4, -0.2) is 52.3 Å². The van der Waals surface area contributed by atoms with Gasteiger partial charge in [-0.05, 0) is 19.4 Å². The number of nitrogens with one attached hydrogen (secondary N) is 1. The Labute approximate surface area is 172 Å². The van der Waals surface area contributed by atoms with Gasteiger partial charge in [0.15, 0.2) is 6.61 Å². The van der Waals surface area contributed by atoms with Crippen LogP contribution >= 0.6 is 0 Å². The quantitative estimate of drug-likeness (QED) is 0.359. The standard InChI is InChI=1S/C19H22N4O7/c1-12-18(23(27)28)13(2)22(21-12)10-17(25)30-11-16(24)20-15(19(26)29-3)9-14-7-5-4-6-8-14/h4-8,15H,9-11H2,1-3H3,(H,20,24). The van der Waals surface area contributed by atoms with Crippen LogP contribution in [0.5, 0.6) is 0 Å². The van der Waals surface area contributed by atoms with Gasteiger partial charge in [-0.25, -0.2) is 4.79 Å². The third kappa shape index (κ3) is 5.87. The van der Waals surface area contributed by atoms with Gasteiger partial charge < -0.3 is 14.8 Å². The van der Waals surface area contributed by atoms with Gasteiger partial charge >= 0.3 is 17.6 Å². The SMILES string of the molecule is COC(=O)C(Cc1ccccc1)NC(=O)COC(=O)Cn1nc(C)c([N+](=O)[O-])c1C. The van der Waals surface area contributed by atoms with Crippen LogP contribution in [-0.2, 0) is 36.8 Å². The lowest BCUT2D eigenvalue weighted by molar-refractivity contribution is -0.386. The van der Waals surface area contributed by atoms with Gasteiger partial charge in [0.25, 0.3) is 5.91 Å². The Morgan fingerprint density at radius 2 is 1.90 bits per heavy atom. The predicted molar refractivity (Wildman–Crippen MR) is 103 cm³/mol. The van der Waals surface area contributed by atoms with E-state index < -0.39 is 42.0 Å². The van der Waals surface area contributed by atoms with Crippen molar-refractivity contribution in [1.29, 1.82) is 0 Å². The van der Waals surface area contributed by atoms with Crippen molar-refractivity contribution in [2.24, 2.45) is 0 Å². The highest BCUT2D eigenvalue weighted by Crippen LogP contribution is 2.21. The van der Waals surface area contributed by atoms with Crippen LogP contribution in [0.25, 0.3) is 0 Å². The van der Waals surface area contributed by atoms with Crippen molar-refractivity contribution < 1.29 is 28.8 Å². The number of carbonyl (C=O) groups is 3. The van der Waals surface area contributed by atoms with E-state index in [1.165, 1.54) is 21.0 Å². The van der Waals surface area contributed by atoms with Crippen molar-refractivity contribution in [2.45, 2.75) is 32.9 Å². The monoisotopic (exact) mass is 418 g/mol. The minimum atomic E-state index is -0.942. The summed E-state index contributed by atoms with van der Waals surface area (Å²) in [6.45, 7) is 1.91. The summed E-state index contributed by atoms with van der Waals surface area (Å²) in [7, 11) is 1.21. The first-order valence-corrected chi connectivity index (χ1v) is 8.98. The van der Waals surface area contributed by atoms with Gasteiger partial charge in [-0.2, -0.15) is 5.10 Å². The Balaban J connectivity index is 1.92. The third-order valence-electron chi connectivity index (χ3n) is 4.27. The summed E-state index contributed by atoms with van der Waals surface area (Å²) in [4.78, 5) is 46.5. The lowest BCUT2D eigenvalue weighted by atomic mass is 10.1. The number of aryl methyl sites for hydroxylation is 1. The van der Waals surface area contributed by atoms with Crippen LogP contribution in [0, 0.1) is 24.0 Å². The number of esters is 2. The molecule has 1 unspecified atom stereocenters. The summed E-state index contributed by atoms with van der Waals surface area (Å²) in [6.07, 6.45) is 0.211. The molecule has 2 rings (SSSR count). The molecule has 11 nitrogen and oxygen atoms in total. The molecule has 0 spiro atoms. The maximum atomic E-state index is 12.1. The molecule has 0 radical (unpaired) electrons. The number of methoxy groups -OCH3 is 1. The zero-order chi connectivity index (χ0) is 22.3. The maximum Gasteiger partial charge on any atom is 0.328 e. The number of hydrogen-bond acceptors (Lipinski definition) is 8. The summed E-state index contributed by atoms with van der Waals surface area (Å²) < 4.78 is 10.8. The molecule has 1 N–H and O–H groups in total. The van der Waals surface area contributed by atoms with Gasteiger partial charge in [-0.3, -0.25) is 24.4 Å². The van der Waals surface area contributed by atoms with Crippen molar-refractivity contribution in [3.63, 3.8) is 0 Å². The van der Waals surface area contributed by atoms with E-state index >= 15 is 0 Å². The molecule has 0 saturated heterocycles. The number of aromatic nitrogens is 2. The van der Waals surface area contributed by atoms with Gasteiger partial charge in [-0.15, -0.1) is 0 Å². The Morgan fingerprint density at radius 1 is 1.23 bits per heavy atom. The first kappa shape index (κ1) is 22.5. The highest BCUT2D eigenvalue weighted by atomic mass is 16.6.